The summed E-state index contributed by atoms with van der Waals surface area (Å²) in [7, 11) is 0. The molecule has 1 fully saturated rings. The van der Waals surface area contributed by atoms with E-state index in [1.807, 2.05) is 45.0 Å². The molecule has 0 atom stereocenters. The minimum Gasteiger partial charge on any atom is -0.444 e. The maximum atomic E-state index is 12.3. The molecule has 0 saturated heterocycles. The van der Waals surface area contributed by atoms with Gasteiger partial charge in [0.05, 0.1) is 14.5 Å². The second-order valence-corrected chi connectivity index (χ2v) is 9.32. The lowest BCUT2D eigenvalue weighted by Crippen LogP contribution is -2.52. The van der Waals surface area contributed by atoms with Gasteiger partial charge in [-0.1, -0.05) is 24.3 Å². The van der Waals surface area contributed by atoms with Crippen molar-refractivity contribution in [3.63, 3.8) is 0 Å². The standard InChI is InChI=1S/C22H23IN2O3/c1-21(2,3)28-20(26)25-22(11-5-12-22)15-9-7-14(8-10-15)18-17(23)16-6-4-13-24-19(16)27-18/h4,6-10,13H,5,11-12H2,1-3H3,(H,25,26). The average Bonchev–Trinajstić information content (AvgIpc) is 2.94. The SMILES string of the molecule is CC(C)(C)OC(=O)NC1(c2ccc(-c3oc4ncccc4c3I)cc2)CCC1. The highest BCUT2D eigenvalue weighted by atomic mass is 127. The summed E-state index contributed by atoms with van der Waals surface area (Å²) in [5, 5.41) is 4.12. The van der Waals surface area contributed by atoms with Gasteiger partial charge < -0.3 is 14.5 Å². The Morgan fingerprint density at radius 3 is 2.50 bits per heavy atom. The third kappa shape index (κ3) is 3.62. The maximum absolute atomic E-state index is 12.3. The van der Waals surface area contributed by atoms with E-state index in [1.54, 1.807) is 6.20 Å². The van der Waals surface area contributed by atoms with Crippen molar-refractivity contribution in [3.8, 4) is 11.3 Å². The molecular formula is C22H23IN2O3. The first-order valence-corrected chi connectivity index (χ1v) is 10.5. The van der Waals surface area contributed by atoms with Crippen LogP contribution in [-0.2, 0) is 10.3 Å². The van der Waals surface area contributed by atoms with Gasteiger partial charge in [0.25, 0.3) is 0 Å². The van der Waals surface area contributed by atoms with Gasteiger partial charge in [-0.3, -0.25) is 0 Å². The van der Waals surface area contributed by atoms with Gasteiger partial charge in [-0.15, -0.1) is 0 Å². The Bertz CT molecular complexity index is 1010. The highest BCUT2D eigenvalue weighted by Crippen LogP contribution is 2.42. The van der Waals surface area contributed by atoms with Crippen molar-refractivity contribution in [2.24, 2.45) is 0 Å². The highest BCUT2D eigenvalue weighted by Gasteiger charge is 2.41. The summed E-state index contributed by atoms with van der Waals surface area (Å²) in [5.41, 5.74) is 1.89. The molecule has 1 aromatic carbocycles. The third-order valence-corrected chi connectivity index (χ3v) is 6.12. The second-order valence-electron chi connectivity index (χ2n) is 8.24. The van der Waals surface area contributed by atoms with Crippen molar-refractivity contribution in [2.75, 3.05) is 0 Å². The molecule has 6 heteroatoms. The molecule has 28 heavy (non-hydrogen) atoms. The second kappa shape index (κ2) is 7.06. The number of hydrogen-bond acceptors (Lipinski definition) is 4. The summed E-state index contributed by atoms with van der Waals surface area (Å²) in [6.45, 7) is 5.62. The molecule has 1 aliphatic rings. The molecular weight excluding hydrogens is 467 g/mol. The summed E-state index contributed by atoms with van der Waals surface area (Å²) in [6.07, 6.45) is 4.28. The predicted octanol–water partition coefficient (Wildman–Crippen LogP) is 6.00. The average molecular weight is 490 g/mol. The smallest absolute Gasteiger partial charge is 0.408 e. The summed E-state index contributed by atoms with van der Waals surface area (Å²) in [4.78, 5) is 16.6. The molecule has 0 bridgehead atoms. The number of carbonyl (C=O) groups is 1. The van der Waals surface area contributed by atoms with E-state index in [1.165, 1.54) is 0 Å². The molecule has 3 aromatic rings. The molecule has 0 aliphatic heterocycles. The Hall–Kier alpha value is -2.09. The number of carbonyl (C=O) groups excluding carboxylic acids is 1. The Morgan fingerprint density at radius 1 is 1.21 bits per heavy atom. The molecule has 1 saturated carbocycles. The summed E-state index contributed by atoms with van der Waals surface area (Å²) in [5.74, 6) is 0.823. The van der Waals surface area contributed by atoms with E-state index < -0.39 is 5.60 Å². The number of halogens is 1. The van der Waals surface area contributed by atoms with Crippen molar-refractivity contribution < 1.29 is 13.9 Å². The van der Waals surface area contributed by atoms with Crippen LogP contribution in [0.5, 0.6) is 0 Å². The van der Waals surface area contributed by atoms with Gasteiger partial charge >= 0.3 is 6.09 Å². The largest absolute Gasteiger partial charge is 0.444 e. The van der Waals surface area contributed by atoms with Gasteiger partial charge in [0.1, 0.15) is 5.60 Å². The number of aromatic nitrogens is 1. The minimum atomic E-state index is -0.509. The maximum Gasteiger partial charge on any atom is 0.408 e. The number of hydrogen-bond donors (Lipinski definition) is 1. The van der Waals surface area contributed by atoms with Gasteiger partial charge in [0.2, 0.25) is 5.71 Å². The minimum absolute atomic E-state index is 0.344. The van der Waals surface area contributed by atoms with E-state index in [0.29, 0.717) is 5.71 Å². The zero-order chi connectivity index (χ0) is 19.9. The number of rotatable bonds is 3. The molecule has 4 rings (SSSR count). The number of fused-ring (bicyclic) bond motifs is 1. The van der Waals surface area contributed by atoms with Crippen LogP contribution in [0, 0.1) is 3.57 Å². The zero-order valence-electron chi connectivity index (χ0n) is 16.2. The molecule has 1 aliphatic carbocycles. The van der Waals surface area contributed by atoms with Crippen LogP contribution >= 0.6 is 22.6 Å². The number of amides is 1. The first kappa shape index (κ1) is 19.2. The van der Waals surface area contributed by atoms with Crippen LogP contribution in [-0.4, -0.2) is 16.7 Å². The molecule has 2 aromatic heterocycles. The first-order chi connectivity index (χ1) is 13.3. The van der Waals surface area contributed by atoms with Gasteiger partial charge in [-0.25, -0.2) is 9.78 Å². The van der Waals surface area contributed by atoms with Gasteiger partial charge in [-0.05, 0) is 80.3 Å². The van der Waals surface area contributed by atoms with Crippen LogP contribution in [0.15, 0.2) is 47.0 Å². The highest BCUT2D eigenvalue weighted by molar-refractivity contribution is 14.1. The summed E-state index contributed by atoms with van der Waals surface area (Å²) >= 11 is 2.30. The van der Waals surface area contributed by atoms with E-state index in [9.17, 15) is 4.79 Å². The molecule has 146 valence electrons. The molecule has 2 heterocycles. The summed E-state index contributed by atoms with van der Waals surface area (Å²) < 4.78 is 12.5. The number of ether oxygens (including phenoxy) is 1. The van der Waals surface area contributed by atoms with Crippen LogP contribution in [0.3, 0.4) is 0 Å². The fourth-order valence-corrected chi connectivity index (χ4v) is 4.38. The lowest BCUT2D eigenvalue weighted by atomic mass is 9.72. The van der Waals surface area contributed by atoms with E-state index in [4.69, 9.17) is 9.15 Å². The van der Waals surface area contributed by atoms with E-state index in [2.05, 4.69) is 45.0 Å². The Balaban J connectivity index is 1.59. The number of alkyl carbamates (subject to hydrolysis) is 1. The van der Waals surface area contributed by atoms with Gasteiger partial charge in [0.15, 0.2) is 5.76 Å². The van der Waals surface area contributed by atoms with Crippen LogP contribution < -0.4 is 5.32 Å². The quantitative estimate of drug-likeness (QED) is 0.458. The van der Waals surface area contributed by atoms with Crippen LogP contribution in [0.1, 0.15) is 45.6 Å². The van der Waals surface area contributed by atoms with Gasteiger partial charge in [0, 0.05) is 11.8 Å². The lowest BCUT2D eigenvalue weighted by Gasteiger charge is -2.43. The zero-order valence-corrected chi connectivity index (χ0v) is 18.4. The van der Waals surface area contributed by atoms with Crippen molar-refractivity contribution in [1.82, 2.24) is 10.3 Å². The number of nitrogens with zero attached hydrogens (tertiary/aromatic N) is 1. The Labute approximate surface area is 178 Å². The van der Waals surface area contributed by atoms with Crippen molar-refractivity contribution >= 4 is 39.8 Å². The van der Waals surface area contributed by atoms with Crippen molar-refractivity contribution in [3.05, 3.63) is 51.7 Å². The van der Waals surface area contributed by atoms with Crippen molar-refractivity contribution in [1.29, 1.82) is 0 Å². The molecule has 0 radical (unpaired) electrons. The molecule has 0 unspecified atom stereocenters. The molecule has 1 N–H and O–H groups in total. The van der Waals surface area contributed by atoms with Crippen molar-refractivity contribution in [2.45, 2.75) is 51.2 Å². The van der Waals surface area contributed by atoms with E-state index in [-0.39, 0.29) is 11.6 Å². The number of benzene rings is 1. The fourth-order valence-electron chi connectivity index (χ4n) is 3.54. The Kier molecular flexibility index (Phi) is 4.85. The summed E-state index contributed by atoms with van der Waals surface area (Å²) in [6, 6.07) is 12.2. The predicted molar refractivity (Wildman–Crippen MR) is 117 cm³/mol. The first-order valence-electron chi connectivity index (χ1n) is 9.43. The van der Waals surface area contributed by atoms with Crippen LogP contribution in [0.25, 0.3) is 22.4 Å². The van der Waals surface area contributed by atoms with E-state index >= 15 is 0 Å². The lowest BCUT2D eigenvalue weighted by molar-refractivity contribution is 0.0377. The van der Waals surface area contributed by atoms with Crippen LogP contribution in [0.4, 0.5) is 4.79 Å². The van der Waals surface area contributed by atoms with Crippen LogP contribution in [0.2, 0.25) is 0 Å². The molecule has 5 nitrogen and oxygen atoms in total. The normalized spacial score (nSPS) is 15.9. The Morgan fingerprint density at radius 2 is 1.93 bits per heavy atom. The molecule has 0 spiro atoms. The number of pyridine rings is 1. The number of nitrogens with one attached hydrogen (secondary N) is 1. The number of furan rings is 1. The third-order valence-electron chi connectivity index (χ3n) is 5.05. The monoisotopic (exact) mass is 490 g/mol. The fraction of sp³-hybridized carbons (Fsp3) is 0.364. The topological polar surface area (TPSA) is 64.4 Å². The molecule has 1 amide bonds. The van der Waals surface area contributed by atoms with Gasteiger partial charge in [-0.2, -0.15) is 0 Å². The van der Waals surface area contributed by atoms with E-state index in [0.717, 1.165) is 45.1 Å².